The minimum absolute atomic E-state index is 0.461. The van der Waals surface area contributed by atoms with Crippen molar-refractivity contribution < 1.29 is 4.74 Å². The SMILES string of the molecule is COc1cc(N2CCC(N3CC(N(C)C)C3)CC2)c(C)cc1Nc1ncc(Br)c(Nc2ccc3nccnc3c2P(C)C)n1. The molecule has 2 fully saturated rings. The van der Waals surface area contributed by atoms with Gasteiger partial charge in [-0.3, -0.25) is 14.9 Å². The monoisotopic (exact) mass is 677 g/mol. The molecule has 2 aromatic carbocycles. The second-order valence-electron chi connectivity index (χ2n) is 12.0. The number of piperidine rings is 1. The molecule has 6 rings (SSSR count). The molecule has 0 atom stereocenters. The van der Waals surface area contributed by atoms with Crippen molar-refractivity contribution in [3.8, 4) is 5.75 Å². The van der Waals surface area contributed by atoms with Gasteiger partial charge < -0.3 is 25.2 Å². The van der Waals surface area contributed by atoms with E-state index in [1.807, 2.05) is 12.1 Å². The first kappa shape index (κ1) is 30.9. The summed E-state index contributed by atoms with van der Waals surface area (Å²) < 4.78 is 6.63. The number of halogens is 1. The molecule has 0 aliphatic carbocycles. The molecule has 232 valence electrons. The summed E-state index contributed by atoms with van der Waals surface area (Å²) in [7, 11) is 5.62. The van der Waals surface area contributed by atoms with E-state index in [4.69, 9.17) is 9.72 Å². The highest BCUT2D eigenvalue weighted by Crippen LogP contribution is 2.38. The zero-order valence-electron chi connectivity index (χ0n) is 26.3. The summed E-state index contributed by atoms with van der Waals surface area (Å²) in [6.07, 6.45) is 7.61. The summed E-state index contributed by atoms with van der Waals surface area (Å²) in [6, 6.07) is 9.71. The normalized spacial score (nSPS) is 16.5. The summed E-state index contributed by atoms with van der Waals surface area (Å²) in [5.41, 5.74) is 6.02. The van der Waals surface area contributed by atoms with E-state index in [-0.39, 0.29) is 0 Å². The molecule has 4 heterocycles. The van der Waals surface area contributed by atoms with Gasteiger partial charge in [0.2, 0.25) is 5.95 Å². The van der Waals surface area contributed by atoms with Crippen LogP contribution >= 0.6 is 23.9 Å². The van der Waals surface area contributed by atoms with Gasteiger partial charge in [0.15, 0.2) is 0 Å². The third-order valence-electron chi connectivity index (χ3n) is 8.77. The minimum Gasteiger partial charge on any atom is -0.494 e. The van der Waals surface area contributed by atoms with Crippen LogP contribution in [0.25, 0.3) is 11.0 Å². The molecule has 0 amide bonds. The van der Waals surface area contributed by atoms with E-state index < -0.39 is 7.92 Å². The maximum Gasteiger partial charge on any atom is 0.229 e. The first-order valence-electron chi connectivity index (χ1n) is 15.0. The van der Waals surface area contributed by atoms with Crippen LogP contribution in [0, 0.1) is 6.92 Å². The van der Waals surface area contributed by atoms with Gasteiger partial charge in [0.1, 0.15) is 11.6 Å². The Labute approximate surface area is 269 Å². The van der Waals surface area contributed by atoms with Gasteiger partial charge in [-0.1, -0.05) is 7.92 Å². The predicted octanol–water partition coefficient (Wildman–Crippen LogP) is 5.57. The van der Waals surface area contributed by atoms with Crippen LogP contribution in [-0.4, -0.2) is 103 Å². The molecule has 0 unspecified atom stereocenters. The molecule has 12 heteroatoms. The summed E-state index contributed by atoms with van der Waals surface area (Å²) in [5.74, 6) is 1.91. The summed E-state index contributed by atoms with van der Waals surface area (Å²) in [5, 5.41) is 8.09. The highest BCUT2D eigenvalue weighted by atomic mass is 79.9. The molecule has 2 aliphatic heterocycles. The number of methoxy groups -OCH3 is 1. The van der Waals surface area contributed by atoms with Crippen LogP contribution < -0.4 is 25.6 Å². The average molecular weight is 679 g/mol. The van der Waals surface area contributed by atoms with Crippen LogP contribution in [0.1, 0.15) is 18.4 Å². The molecule has 2 aliphatic rings. The van der Waals surface area contributed by atoms with Gasteiger partial charge in [-0.05, 0) is 86.9 Å². The van der Waals surface area contributed by atoms with Crippen LogP contribution in [0.4, 0.5) is 28.8 Å². The molecular formula is C32H41BrN9OP. The maximum atomic E-state index is 5.86. The van der Waals surface area contributed by atoms with Gasteiger partial charge >= 0.3 is 0 Å². The number of hydrogen-bond donors (Lipinski definition) is 2. The molecule has 2 saturated heterocycles. The number of nitrogens with one attached hydrogen (secondary N) is 2. The number of fused-ring (bicyclic) bond motifs is 1. The number of aryl methyl sites for hydroxylation is 1. The molecular weight excluding hydrogens is 637 g/mol. The number of likely N-dealkylation sites (N-methyl/N-ethyl adjacent to an activating group) is 1. The lowest BCUT2D eigenvalue weighted by atomic mass is 9.96. The first-order chi connectivity index (χ1) is 21.2. The lowest BCUT2D eigenvalue weighted by molar-refractivity contribution is 0.0188. The smallest absolute Gasteiger partial charge is 0.229 e. The van der Waals surface area contributed by atoms with Crippen LogP contribution in [-0.2, 0) is 0 Å². The fourth-order valence-corrected chi connectivity index (χ4v) is 7.71. The Bertz CT molecular complexity index is 1640. The highest BCUT2D eigenvalue weighted by molar-refractivity contribution is 9.10. The zero-order valence-corrected chi connectivity index (χ0v) is 28.8. The van der Waals surface area contributed by atoms with E-state index >= 15 is 0 Å². The third-order valence-corrected chi connectivity index (χ3v) is 10.7. The van der Waals surface area contributed by atoms with Gasteiger partial charge in [0.25, 0.3) is 0 Å². The fourth-order valence-electron chi connectivity index (χ4n) is 6.21. The van der Waals surface area contributed by atoms with Gasteiger partial charge in [0.05, 0.1) is 28.3 Å². The van der Waals surface area contributed by atoms with Gasteiger partial charge in [0, 0.05) is 79.6 Å². The number of likely N-dealkylation sites (tertiary alicyclic amines) is 1. The largest absolute Gasteiger partial charge is 0.494 e. The third kappa shape index (κ3) is 6.33. The van der Waals surface area contributed by atoms with Crippen molar-refractivity contribution in [2.45, 2.75) is 31.8 Å². The number of nitrogens with zero attached hydrogens (tertiary/aromatic N) is 7. The van der Waals surface area contributed by atoms with Crippen molar-refractivity contribution in [1.82, 2.24) is 29.7 Å². The van der Waals surface area contributed by atoms with Crippen molar-refractivity contribution in [2.24, 2.45) is 0 Å². The minimum atomic E-state index is -0.461. The maximum absolute atomic E-state index is 5.86. The molecule has 0 bridgehead atoms. The lowest BCUT2D eigenvalue weighted by Crippen LogP contribution is -2.62. The van der Waals surface area contributed by atoms with Gasteiger partial charge in [-0.2, -0.15) is 4.98 Å². The highest BCUT2D eigenvalue weighted by Gasteiger charge is 2.35. The molecule has 44 heavy (non-hydrogen) atoms. The quantitative estimate of drug-likeness (QED) is 0.219. The van der Waals surface area contributed by atoms with Gasteiger partial charge in [-0.15, -0.1) is 0 Å². The van der Waals surface area contributed by atoms with Gasteiger partial charge in [-0.25, -0.2) is 4.98 Å². The fraction of sp³-hybridized carbons (Fsp3) is 0.438. The van der Waals surface area contributed by atoms with E-state index in [1.54, 1.807) is 25.7 Å². The Balaban J connectivity index is 1.18. The second-order valence-corrected chi connectivity index (χ2v) is 15.1. The summed E-state index contributed by atoms with van der Waals surface area (Å²) in [6.45, 7) is 11.1. The summed E-state index contributed by atoms with van der Waals surface area (Å²) in [4.78, 5) is 26.0. The van der Waals surface area contributed by atoms with Crippen molar-refractivity contribution >= 4 is 69.0 Å². The van der Waals surface area contributed by atoms with E-state index in [2.05, 4.69) is 103 Å². The standard InChI is InChI=1S/C32H41BrN9OP/c1-20-15-26(28(43-4)16-27(20)41-13-9-21(10-14-41)42-18-22(19-42)40(2)3)38-32-36-17-23(33)31(39-32)37-25-8-7-24-29(30(25)44(5)6)35-12-11-34-24/h7-8,11-12,15-17,21-22H,9-10,13-14,18-19H2,1-6H3,(H2,36,37,38,39). The van der Waals surface area contributed by atoms with Crippen LogP contribution in [0.3, 0.4) is 0 Å². The number of ether oxygens (including phenoxy) is 1. The Hall–Kier alpha value is -3.11. The molecule has 10 nitrogen and oxygen atoms in total. The molecule has 0 saturated carbocycles. The zero-order chi connectivity index (χ0) is 31.0. The first-order valence-corrected chi connectivity index (χ1v) is 18.1. The van der Waals surface area contributed by atoms with Crippen molar-refractivity contribution in [3.63, 3.8) is 0 Å². The van der Waals surface area contributed by atoms with E-state index in [1.165, 1.54) is 37.2 Å². The van der Waals surface area contributed by atoms with E-state index in [9.17, 15) is 0 Å². The number of hydrogen-bond acceptors (Lipinski definition) is 10. The number of aromatic nitrogens is 4. The van der Waals surface area contributed by atoms with Crippen molar-refractivity contribution in [3.05, 3.63) is 52.9 Å². The summed E-state index contributed by atoms with van der Waals surface area (Å²) >= 11 is 3.64. The molecule has 0 spiro atoms. The molecule has 0 radical (unpaired) electrons. The number of benzene rings is 2. The second kappa shape index (κ2) is 13.1. The molecule has 2 aromatic heterocycles. The predicted molar refractivity (Wildman–Crippen MR) is 186 cm³/mol. The van der Waals surface area contributed by atoms with Crippen LogP contribution in [0.2, 0.25) is 0 Å². The van der Waals surface area contributed by atoms with Crippen LogP contribution in [0.15, 0.2) is 47.3 Å². The average Bonchev–Trinajstić information content (AvgIpc) is 2.98. The topological polar surface area (TPSA) is 94.6 Å². The lowest BCUT2D eigenvalue weighted by Gasteiger charge is -2.49. The van der Waals surface area contributed by atoms with Crippen molar-refractivity contribution in [1.29, 1.82) is 0 Å². The Kier molecular flexibility index (Phi) is 9.19. The Morgan fingerprint density at radius 2 is 1.75 bits per heavy atom. The van der Waals surface area contributed by atoms with Crippen LogP contribution in [0.5, 0.6) is 5.75 Å². The van der Waals surface area contributed by atoms with Crippen molar-refractivity contribution in [2.75, 3.05) is 76.2 Å². The number of rotatable bonds is 9. The Morgan fingerprint density at radius 3 is 2.45 bits per heavy atom. The number of anilines is 5. The molecule has 2 N–H and O–H groups in total. The van der Waals surface area contributed by atoms with E-state index in [0.717, 1.165) is 51.0 Å². The Morgan fingerprint density at radius 1 is 1.00 bits per heavy atom. The van der Waals surface area contributed by atoms with E-state index in [0.29, 0.717) is 23.8 Å². The molecule has 4 aromatic rings.